The van der Waals surface area contributed by atoms with Crippen molar-refractivity contribution in [3.63, 3.8) is 0 Å². The Morgan fingerprint density at radius 3 is 2.60 bits per heavy atom. The molecule has 1 atom stereocenters. The maximum atomic E-state index is 13.1. The third-order valence-corrected chi connectivity index (χ3v) is 4.25. The lowest BCUT2D eigenvalue weighted by molar-refractivity contribution is -0.138. The van der Waals surface area contributed by atoms with Gasteiger partial charge in [0, 0.05) is 6.54 Å². The van der Waals surface area contributed by atoms with Gasteiger partial charge < -0.3 is 14.4 Å². The summed E-state index contributed by atoms with van der Waals surface area (Å²) in [5.41, 5.74) is 1.85. The fraction of sp³-hybridized carbons (Fsp3) is 0.350. The standard InChI is InChI=1S/C20H22FNO3/c1-2-24-18-9-3-15(4-10-18)13-20(23)22-11-12-25-19(14-22)16-5-7-17(21)8-6-16/h3-10,19H,2,11-14H2,1H3. The normalized spacial score (nSPS) is 17.4. The van der Waals surface area contributed by atoms with E-state index in [9.17, 15) is 9.18 Å². The lowest BCUT2D eigenvalue weighted by Gasteiger charge is -2.33. The Bertz CT molecular complexity index is 700. The van der Waals surface area contributed by atoms with E-state index in [0.717, 1.165) is 16.9 Å². The number of halogens is 1. The topological polar surface area (TPSA) is 38.8 Å². The molecule has 0 N–H and O–H groups in total. The maximum absolute atomic E-state index is 13.1. The molecule has 0 aliphatic carbocycles. The van der Waals surface area contributed by atoms with Crippen LogP contribution in [0.1, 0.15) is 24.2 Å². The van der Waals surface area contributed by atoms with Crippen LogP contribution in [0.4, 0.5) is 4.39 Å². The molecule has 0 bridgehead atoms. The summed E-state index contributed by atoms with van der Waals surface area (Å²) < 4.78 is 24.2. The second-order valence-electron chi connectivity index (χ2n) is 6.00. The molecule has 0 aromatic heterocycles. The minimum absolute atomic E-state index is 0.0690. The van der Waals surface area contributed by atoms with E-state index in [1.165, 1.54) is 12.1 Å². The molecule has 132 valence electrons. The van der Waals surface area contributed by atoms with E-state index < -0.39 is 0 Å². The summed E-state index contributed by atoms with van der Waals surface area (Å²) in [6.07, 6.45) is 0.140. The van der Waals surface area contributed by atoms with Crippen LogP contribution in [-0.2, 0) is 16.0 Å². The largest absolute Gasteiger partial charge is 0.494 e. The van der Waals surface area contributed by atoms with Gasteiger partial charge in [-0.3, -0.25) is 4.79 Å². The van der Waals surface area contributed by atoms with Crippen molar-refractivity contribution in [3.8, 4) is 5.75 Å². The molecular formula is C20H22FNO3. The Labute approximate surface area is 147 Å². The fourth-order valence-electron chi connectivity index (χ4n) is 2.91. The minimum atomic E-state index is -0.275. The van der Waals surface area contributed by atoms with Crippen molar-refractivity contribution in [1.29, 1.82) is 0 Å². The first kappa shape index (κ1) is 17.4. The summed E-state index contributed by atoms with van der Waals surface area (Å²) in [5, 5.41) is 0. The highest BCUT2D eigenvalue weighted by Crippen LogP contribution is 2.23. The van der Waals surface area contributed by atoms with Crippen molar-refractivity contribution in [2.24, 2.45) is 0 Å². The van der Waals surface area contributed by atoms with E-state index in [1.807, 2.05) is 36.1 Å². The van der Waals surface area contributed by atoms with Crippen LogP contribution in [0.5, 0.6) is 5.75 Å². The third kappa shape index (κ3) is 4.57. The van der Waals surface area contributed by atoms with Crippen molar-refractivity contribution in [3.05, 3.63) is 65.5 Å². The van der Waals surface area contributed by atoms with Gasteiger partial charge >= 0.3 is 0 Å². The van der Waals surface area contributed by atoms with E-state index in [4.69, 9.17) is 9.47 Å². The molecule has 1 aliphatic heterocycles. The molecule has 1 fully saturated rings. The zero-order valence-corrected chi connectivity index (χ0v) is 14.3. The summed E-state index contributed by atoms with van der Waals surface area (Å²) >= 11 is 0. The SMILES string of the molecule is CCOc1ccc(CC(=O)N2CCOC(c3ccc(F)cc3)C2)cc1. The van der Waals surface area contributed by atoms with Gasteiger partial charge in [-0.25, -0.2) is 4.39 Å². The predicted molar refractivity (Wildman–Crippen MR) is 93.0 cm³/mol. The van der Waals surface area contributed by atoms with Crippen molar-refractivity contribution in [2.45, 2.75) is 19.4 Å². The van der Waals surface area contributed by atoms with E-state index in [-0.39, 0.29) is 17.8 Å². The first-order chi connectivity index (χ1) is 12.2. The molecule has 2 aromatic rings. The maximum Gasteiger partial charge on any atom is 0.227 e. The number of ether oxygens (including phenoxy) is 2. The number of nitrogens with zero attached hydrogens (tertiary/aromatic N) is 1. The summed E-state index contributed by atoms with van der Waals surface area (Å²) in [5.74, 6) is 0.601. The Kier molecular flexibility index (Phi) is 5.66. The monoisotopic (exact) mass is 343 g/mol. The molecule has 1 saturated heterocycles. The highest BCUT2D eigenvalue weighted by Gasteiger charge is 2.25. The van der Waals surface area contributed by atoms with Crippen LogP contribution >= 0.6 is 0 Å². The van der Waals surface area contributed by atoms with Crippen LogP contribution in [0.15, 0.2) is 48.5 Å². The van der Waals surface area contributed by atoms with Crippen LogP contribution in [-0.4, -0.2) is 37.1 Å². The molecule has 1 unspecified atom stereocenters. The molecule has 25 heavy (non-hydrogen) atoms. The van der Waals surface area contributed by atoms with Crippen LogP contribution in [0.3, 0.4) is 0 Å². The van der Waals surface area contributed by atoms with Crippen LogP contribution < -0.4 is 4.74 Å². The molecule has 1 aliphatic rings. The highest BCUT2D eigenvalue weighted by atomic mass is 19.1. The summed E-state index contributed by atoms with van der Waals surface area (Å²) in [6.45, 7) is 4.11. The van der Waals surface area contributed by atoms with Crippen molar-refractivity contribution >= 4 is 5.91 Å². The van der Waals surface area contributed by atoms with Gasteiger partial charge in [0.15, 0.2) is 0 Å². The van der Waals surface area contributed by atoms with E-state index in [2.05, 4.69) is 0 Å². The van der Waals surface area contributed by atoms with E-state index in [0.29, 0.717) is 32.7 Å². The van der Waals surface area contributed by atoms with Gasteiger partial charge in [-0.1, -0.05) is 24.3 Å². The van der Waals surface area contributed by atoms with Crippen molar-refractivity contribution < 1.29 is 18.7 Å². The average molecular weight is 343 g/mol. The lowest BCUT2D eigenvalue weighted by Crippen LogP contribution is -2.42. The van der Waals surface area contributed by atoms with E-state index >= 15 is 0 Å². The summed E-state index contributed by atoms with van der Waals surface area (Å²) in [6, 6.07) is 13.8. The second kappa shape index (κ2) is 8.12. The highest BCUT2D eigenvalue weighted by molar-refractivity contribution is 5.79. The van der Waals surface area contributed by atoms with Gasteiger partial charge in [0.25, 0.3) is 0 Å². The molecule has 0 radical (unpaired) electrons. The third-order valence-electron chi connectivity index (χ3n) is 4.25. The number of benzene rings is 2. The molecule has 1 amide bonds. The first-order valence-corrected chi connectivity index (χ1v) is 8.52. The number of morpholine rings is 1. The van der Waals surface area contributed by atoms with Gasteiger partial charge in [0.05, 0.1) is 26.2 Å². The molecule has 2 aromatic carbocycles. The minimum Gasteiger partial charge on any atom is -0.494 e. The predicted octanol–water partition coefficient (Wildman–Crippen LogP) is 3.37. The summed E-state index contributed by atoms with van der Waals surface area (Å²) in [4.78, 5) is 14.4. The molecular weight excluding hydrogens is 321 g/mol. The number of amides is 1. The Morgan fingerprint density at radius 1 is 1.20 bits per heavy atom. The molecule has 1 heterocycles. The van der Waals surface area contributed by atoms with Gasteiger partial charge in [0.2, 0.25) is 5.91 Å². The van der Waals surface area contributed by atoms with Crippen LogP contribution in [0, 0.1) is 5.82 Å². The number of rotatable bonds is 5. The van der Waals surface area contributed by atoms with Crippen molar-refractivity contribution in [1.82, 2.24) is 4.90 Å². The number of carbonyl (C=O) groups is 1. The number of hydrogen-bond acceptors (Lipinski definition) is 3. The van der Waals surface area contributed by atoms with Crippen molar-refractivity contribution in [2.75, 3.05) is 26.3 Å². The Hall–Kier alpha value is -2.40. The van der Waals surface area contributed by atoms with Gasteiger partial charge in [-0.2, -0.15) is 0 Å². The van der Waals surface area contributed by atoms with Gasteiger partial charge in [0.1, 0.15) is 17.7 Å². The number of hydrogen-bond donors (Lipinski definition) is 0. The second-order valence-corrected chi connectivity index (χ2v) is 6.00. The Balaban J connectivity index is 1.60. The zero-order valence-electron chi connectivity index (χ0n) is 14.3. The Morgan fingerprint density at radius 2 is 1.92 bits per heavy atom. The fourth-order valence-corrected chi connectivity index (χ4v) is 2.91. The van der Waals surface area contributed by atoms with Gasteiger partial charge in [-0.05, 0) is 42.3 Å². The van der Waals surface area contributed by atoms with E-state index in [1.54, 1.807) is 12.1 Å². The molecule has 4 nitrogen and oxygen atoms in total. The molecule has 5 heteroatoms. The number of carbonyl (C=O) groups excluding carboxylic acids is 1. The molecule has 0 saturated carbocycles. The first-order valence-electron chi connectivity index (χ1n) is 8.52. The summed E-state index contributed by atoms with van der Waals surface area (Å²) in [7, 11) is 0. The zero-order chi connectivity index (χ0) is 17.6. The van der Waals surface area contributed by atoms with Gasteiger partial charge in [-0.15, -0.1) is 0 Å². The lowest BCUT2D eigenvalue weighted by atomic mass is 10.1. The smallest absolute Gasteiger partial charge is 0.227 e. The quantitative estimate of drug-likeness (QED) is 0.835. The average Bonchev–Trinajstić information content (AvgIpc) is 2.64. The molecule has 3 rings (SSSR count). The van der Waals surface area contributed by atoms with Crippen LogP contribution in [0.2, 0.25) is 0 Å². The van der Waals surface area contributed by atoms with Crippen LogP contribution in [0.25, 0.3) is 0 Å². The molecule has 0 spiro atoms.